The average Bonchev–Trinajstić information content (AvgIpc) is 2.62. The summed E-state index contributed by atoms with van der Waals surface area (Å²) in [6.07, 6.45) is 0.785. The second-order valence-corrected chi connectivity index (χ2v) is 8.44. The number of hydrogen-bond acceptors (Lipinski definition) is 4. The molecule has 2 rings (SSSR count). The standard InChI is InChI=1S/C23H30O4/c1-7-23(5,6)20(24)18-10-8-17-15-19(11-9-16(17)14-18)21(25)26-12-13-27-22(2,3)4/h8-11,14-15H,7,12-13H2,1-6H3. The third-order valence-electron chi connectivity index (χ3n) is 4.69. The highest BCUT2D eigenvalue weighted by Gasteiger charge is 2.26. The van der Waals surface area contributed by atoms with Gasteiger partial charge in [0.05, 0.1) is 17.8 Å². The maximum absolute atomic E-state index is 12.6. The van der Waals surface area contributed by atoms with Crippen LogP contribution in [0.5, 0.6) is 0 Å². The Morgan fingerprint density at radius 1 is 0.852 bits per heavy atom. The van der Waals surface area contributed by atoms with Crippen molar-refractivity contribution in [2.75, 3.05) is 13.2 Å². The first-order valence-electron chi connectivity index (χ1n) is 9.43. The van der Waals surface area contributed by atoms with Gasteiger partial charge >= 0.3 is 5.97 Å². The van der Waals surface area contributed by atoms with E-state index >= 15 is 0 Å². The van der Waals surface area contributed by atoms with Crippen LogP contribution >= 0.6 is 0 Å². The molecule has 146 valence electrons. The minimum absolute atomic E-state index is 0.134. The minimum Gasteiger partial charge on any atom is -0.460 e. The van der Waals surface area contributed by atoms with Crippen molar-refractivity contribution in [1.82, 2.24) is 0 Å². The zero-order valence-electron chi connectivity index (χ0n) is 17.2. The molecule has 4 heteroatoms. The number of ether oxygens (including phenoxy) is 2. The van der Waals surface area contributed by atoms with E-state index in [1.165, 1.54) is 0 Å². The number of carbonyl (C=O) groups is 2. The van der Waals surface area contributed by atoms with Crippen LogP contribution < -0.4 is 0 Å². The lowest BCUT2D eigenvalue weighted by Gasteiger charge is -2.21. The summed E-state index contributed by atoms with van der Waals surface area (Å²) in [5, 5.41) is 1.83. The highest BCUT2D eigenvalue weighted by atomic mass is 16.6. The molecule has 2 aromatic carbocycles. The molecule has 0 radical (unpaired) electrons. The van der Waals surface area contributed by atoms with Crippen molar-refractivity contribution in [2.45, 2.75) is 53.6 Å². The Labute approximate surface area is 161 Å². The van der Waals surface area contributed by atoms with Crippen molar-refractivity contribution < 1.29 is 19.1 Å². The van der Waals surface area contributed by atoms with Crippen LogP contribution in [-0.4, -0.2) is 30.6 Å². The van der Waals surface area contributed by atoms with Crippen molar-refractivity contribution in [3.05, 3.63) is 47.5 Å². The molecule has 0 aliphatic heterocycles. The van der Waals surface area contributed by atoms with E-state index in [0.717, 1.165) is 17.2 Å². The monoisotopic (exact) mass is 370 g/mol. The summed E-state index contributed by atoms with van der Waals surface area (Å²) in [6.45, 7) is 12.4. The van der Waals surface area contributed by atoms with E-state index in [0.29, 0.717) is 17.7 Å². The van der Waals surface area contributed by atoms with Crippen LogP contribution in [0.15, 0.2) is 36.4 Å². The van der Waals surface area contributed by atoms with Crippen LogP contribution in [0.1, 0.15) is 68.7 Å². The molecule has 0 bridgehead atoms. The summed E-state index contributed by atoms with van der Waals surface area (Å²) in [4.78, 5) is 24.9. The van der Waals surface area contributed by atoms with E-state index < -0.39 is 0 Å². The maximum Gasteiger partial charge on any atom is 0.338 e. The molecule has 0 saturated carbocycles. The molecule has 0 N–H and O–H groups in total. The van der Waals surface area contributed by atoms with Crippen molar-refractivity contribution in [2.24, 2.45) is 5.41 Å². The first-order valence-corrected chi connectivity index (χ1v) is 9.43. The predicted molar refractivity (Wildman–Crippen MR) is 108 cm³/mol. The topological polar surface area (TPSA) is 52.6 Å². The van der Waals surface area contributed by atoms with Crippen LogP contribution in [-0.2, 0) is 9.47 Å². The maximum atomic E-state index is 12.6. The number of benzene rings is 2. The number of Topliss-reactive ketones (excluding diaryl/α,β-unsaturated/α-hetero) is 1. The zero-order chi connectivity index (χ0) is 20.2. The molecular weight excluding hydrogens is 340 g/mol. The van der Waals surface area contributed by atoms with Gasteiger partial charge in [0, 0.05) is 11.0 Å². The number of esters is 1. The Bertz CT molecular complexity index is 828. The van der Waals surface area contributed by atoms with Gasteiger partial charge in [-0.3, -0.25) is 4.79 Å². The molecule has 0 saturated heterocycles. The third kappa shape index (κ3) is 5.64. The highest BCUT2D eigenvalue weighted by Crippen LogP contribution is 2.27. The van der Waals surface area contributed by atoms with Crippen molar-refractivity contribution in [3.63, 3.8) is 0 Å². The molecule has 0 unspecified atom stereocenters. The molecule has 2 aromatic rings. The second-order valence-electron chi connectivity index (χ2n) is 8.44. The summed E-state index contributed by atoms with van der Waals surface area (Å²) in [6, 6.07) is 11.0. The third-order valence-corrected chi connectivity index (χ3v) is 4.69. The predicted octanol–water partition coefficient (Wildman–Crippen LogP) is 5.43. The molecule has 0 amide bonds. The Kier molecular flexibility index (Phi) is 6.42. The van der Waals surface area contributed by atoms with E-state index in [2.05, 4.69) is 0 Å². The molecule has 0 heterocycles. The average molecular weight is 370 g/mol. The Hall–Kier alpha value is -2.20. The number of carbonyl (C=O) groups excluding carboxylic acids is 2. The quantitative estimate of drug-likeness (QED) is 0.370. The molecule has 0 aliphatic rings. The summed E-state index contributed by atoms with van der Waals surface area (Å²) in [5.74, 6) is -0.240. The molecule has 4 nitrogen and oxygen atoms in total. The Morgan fingerprint density at radius 3 is 1.96 bits per heavy atom. The van der Waals surface area contributed by atoms with Gasteiger partial charge in [0.1, 0.15) is 6.61 Å². The van der Waals surface area contributed by atoms with Crippen LogP contribution in [0.4, 0.5) is 0 Å². The fourth-order valence-electron chi connectivity index (χ4n) is 2.63. The van der Waals surface area contributed by atoms with Gasteiger partial charge in [0.25, 0.3) is 0 Å². The summed E-state index contributed by atoms with van der Waals surface area (Å²) in [7, 11) is 0. The molecule has 0 aliphatic carbocycles. The van der Waals surface area contributed by atoms with Crippen molar-refractivity contribution >= 4 is 22.5 Å². The summed E-state index contributed by atoms with van der Waals surface area (Å²) in [5.41, 5.74) is 0.555. The van der Waals surface area contributed by atoms with E-state index in [1.807, 2.05) is 65.8 Å². The van der Waals surface area contributed by atoms with Gasteiger partial charge in [0.2, 0.25) is 0 Å². The van der Waals surface area contributed by atoms with Crippen molar-refractivity contribution in [3.8, 4) is 0 Å². The zero-order valence-corrected chi connectivity index (χ0v) is 17.2. The fraction of sp³-hybridized carbons (Fsp3) is 0.478. The van der Waals surface area contributed by atoms with Crippen molar-refractivity contribution in [1.29, 1.82) is 0 Å². The Morgan fingerprint density at radius 2 is 1.41 bits per heavy atom. The molecule has 0 atom stereocenters. The number of fused-ring (bicyclic) bond motifs is 1. The molecule has 0 fully saturated rings. The van der Waals surface area contributed by atoms with E-state index in [1.54, 1.807) is 12.1 Å². The van der Waals surface area contributed by atoms with Crippen LogP contribution in [0.3, 0.4) is 0 Å². The van der Waals surface area contributed by atoms with E-state index in [4.69, 9.17) is 9.47 Å². The second kappa shape index (κ2) is 8.22. The van der Waals surface area contributed by atoms with Gasteiger partial charge in [0.15, 0.2) is 5.78 Å². The fourth-order valence-corrected chi connectivity index (χ4v) is 2.63. The van der Waals surface area contributed by atoms with Gasteiger partial charge in [-0.05, 0) is 56.2 Å². The molecule has 0 aromatic heterocycles. The molecule has 27 heavy (non-hydrogen) atoms. The van der Waals surface area contributed by atoms with Gasteiger partial charge in [-0.15, -0.1) is 0 Å². The first-order chi connectivity index (χ1) is 12.5. The lowest BCUT2D eigenvalue weighted by molar-refractivity contribution is -0.0281. The number of hydrogen-bond donors (Lipinski definition) is 0. The van der Waals surface area contributed by atoms with E-state index in [-0.39, 0.29) is 29.4 Å². The number of rotatable bonds is 7. The van der Waals surface area contributed by atoms with Gasteiger partial charge in [-0.1, -0.05) is 39.0 Å². The van der Waals surface area contributed by atoms with Gasteiger partial charge in [-0.25, -0.2) is 4.79 Å². The molecule has 0 spiro atoms. The van der Waals surface area contributed by atoms with Crippen LogP contribution in [0.2, 0.25) is 0 Å². The Balaban J connectivity index is 2.10. The van der Waals surface area contributed by atoms with Gasteiger partial charge < -0.3 is 9.47 Å². The first kappa shape index (κ1) is 21.1. The largest absolute Gasteiger partial charge is 0.460 e. The SMILES string of the molecule is CCC(C)(C)C(=O)c1ccc2cc(C(=O)OCCOC(C)(C)C)ccc2c1. The normalized spacial score (nSPS) is 12.2. The van der Waals surface area contributed by atoms with Crippen LogP contribution in [0, 0.1) is 5.41 Å². The van der Waals surface area contributed by atoms with Crippen LogP contribution in [0.25, 0.3) is 10.8 Å². The summed E-state index contributed by atoms with van der Waals surface area (Å²) >= 11 is 0. The minimum atomic E-state index is -0.382. The number of ketones is 1. The molecular formula is C23H30O4. The van der Waals surface area contributed by atoms with Gasteiger partial charge in [-0.2, -0.15) is 0 Å². The summed E-state index contributed by atoms with van der Waals surface area (Å²) < 4.78 is 10.8. The highest BCUT2D eigenvalue weighted by molar-refractivity contribution is 6.04. The van der Waals surface area contributed by atoms with E-state index in [9.17, 15) is 9.59 Å². The lowest BCUT2D eigenvalue weighted by Crippen LogP contribution is -2.23. The smallest absolute Gasteiger partial charge is 0.338 e. The lowest BCUT2D eigenvalue weighted by atomic mass is 9.81.